The van der Waals surface area contributed by atoms with E-state index in [0.29, 0.717) is 5.56 Å². The Morgan fingerprint density at radius 1 is 1.20 bits per heavy atom. The van der Waals surface area contributed by atoms with Crippen molar-refractivity contribution >= 4 is 37.5 Å². The van der Waals surface area contributed by atoms with Gasteiger partial charge in [0.2, 0.25) is 0 Å². The summed E-state index contributed by atoms with van der Waals surface area (Å²) >= 11 is 4.48. The Morgan fingerprint density at radius 2 is 1.68 bits per heavy atom. The zero-order valence-electron chi connectivity index (χ0n) is 12.8. The Kier molecular flexibility index (Phi) is 11.2. The summed E-state index contributed by atoms with van der Waals surface area (Å²) < 4.78 is 8.55. The van der Waals surface area contributed by atoms with Crippen molar-refractivity contribution in [1.82, 2.24) is 0 Å². The van der Waals surface area contributed by atoms with Gasteiger partial charge in [-0.1, -0.05) is 42.5 Å². The Labute approximate surface area is 150 Å². The van der Waals surface area contributed by atoms with E-state index >= 15 is 0 Å². The number of phosphoric acid groups is 1. The molecule has 1 atom stereocenters. The van der Waals surface area contributed by atoms with E-state index in [2.05, 4.69) is 24.0 Å². The SMILES string of the molecule is N=CC(N)Nc1ccc(C(=O)[S-])cc1.O=P([O-])([O-])[O-].[c]1ccccc1. The molecule has 2 aromatic rings. The van der Waals surface area contributed by atoms with E-state index in [1.165, 1.54) is 0 Å². The summed E-state index contributed by atoms with van der Waals surface area (Å²) in [6, 6.07) is 19.1. The predicted octanol–water partition coefficient (Wildman–Crippen LogP) is -0.618. The highest BCUT2D eigenvalue weighted by Crippen LogP contribution is 2.09. The first kappa shape index (κ1) is 22.9. The minimum Gasteiger partial charge on any atom is -0.822 e. The van der Waals surface area contributed by atoms with Crippen molar-refractivity contribution in [1.29, 1.82) is 5.41 Å². The lowest BCUT2D eigenvalue weighted by Gasteiger charge is -2.36. The number of hydrogen-bond acceptors (Lipinski definition) is 9. The average Bonchev–Trinajstić information content (AvgIpc) is 2.56. The Balaban J connectivity index is 0.000000429. The van der Waals surface area contributed by atoms with E-state index in [9.17, 15) is 4.79 Å². The van der Waals surface area contributed by atoms with E-state index in [4.69, 9.17) is 30.4 Å². The zero-order valence-corrected chi connectivity index (χ0v) is 14.5. The van der Waals surface area contributed by atoms with Gasteiger partial charge in [-0.25, -0.2) is 0 Å². The van der Waals surface area contributed by atoms with Gasteiger partial charge in [0.15, 0.2) is 0 Å². The maximum Gasteiger partial charge on any atom is 0.110 e. The van der Waals surface area contributed by atoms with Crippen molar-refractivity contribution in [3.63, 3.8) is 0 Å². The third kappa shape index (κ3) is 15.2. The van der Waals surface area contributed by atoms with Gasteiger partial charge in [0.1, 0.15) is 6.17 Å². The molecular weight excluding hydrogens is 365 g/mol. The van der Waals surface area contributed by atoms with Crippen molar-refractivity contribution < 1.29 is 24.0 Å². The third-order valence-electron chi connectivity index (χ3n) is 2.24. The smallest absolute Gasteiger partial charge is 0.110 e. The number of carbonyl (C=O) groups excluding carboxylic acids is 1. The topological polar surface area (TPSA) is 165 Å². The van der Waals surface area contributed by atoms with Gasteiger partial charge in [-0.2, -0.15) is 7.82 Å². The van der Waals surface area contributed by atoms with E-state index in [-0.39, 0.29) is 5.12 Å². The van der Waals surface area contributed by atoms with Crippen LogP contribution in [0.4, 0.5) is 5.69 Å². The fraction of sp³-hybridized carbons (Fsp3) is 0.0667. The van der Waals surface area contributed by atoms with Gasteiger partial charge < -0.3 is 53.1 Å². The molecule has 25 heavy (non-hydrogen) atoms. The second kappa shape index (κ2) is 12.3. The van der Waals surface area contributed by atoms with Crippen LogP contribution in [0.15, 0.2) is 54.6 Å². The first-order valence-corrected chi connectivity index (χ1v) is 8.48. The van der Waals surface area contributed by atoms with Gasteiger partial charge in [0.05, 0.1) is 0 Å². The molecule has 0 amide bonds. The number of rotatable bonds is 4. The maximum absolute atomic E-state index is 10.8. The van der Waals surface area contributed by atoms with Crippen LogP contribution >= 0.6 is 7.82 Å². The minimum absolute atomic E-state index is 0.382. The molecule has 0 saturated carbocycles. The minimum atomic E-state index is -5.39. The Hall–Kier alpha value is -2.13. The molecule has 0 aliphatic carbocycles. The van der Waals surface area contributed by atoms with E-state index in [1.807, 2.05) is 30.3 Å². The van der Waals surface area contributed by atoms with Crippen LogP contribution in [0.2, 0.25) is 0 Å². The van der Waals surface area contributed by atoms with Gasteiger partial charge >= 0.3 is 0 Å². The van der Waals surface area contributed by atoms with Crippen LogP contribution in [0.5, 0.6) is 0 Å². The second-order valence-electron chi connectivity index (χ2n) is 4.23. The van der Waals surface area contributed by atoms with Gasteiger partial charge in [-0.15, -0.1) is 0 Å². The van der Waals surface area contributed by atoms with Crippen LogP contribution in [0.3, 0.4) is 0 Å². The first-order chi connectivity index (χ1) is 11.6. The fourth-order valence-corrected chi connectivity index (χ4v) is 1.41. The van der Waals surface area contributed by atoms with Gasteiger partial charge in [0.25, 0.3) is 0 Å². The monoisotopic (exact) mass is 380 g/mol. The normalized spacial score (nSPS) is 10.9. The zero-order chi connectivity index (χ0) is 19.3. The quantitative estimate of drug-likeness (QED) is 0.273. The summed E-state index contributed by atoms with van der Waals surface area (Å²) in [6.07, 6.45) is 0.576. The number of benzene rings is 2. The summed E-state index contributed by atoms with van der Waals surface area (Å²) in [5.74, 6) is 0. The molecule has 135 valence electrons. The largest absolute Gasteiger partial charge is 0.822 e. The Bertz CT molecular complexity index is 644. The molecule has 0 heterocycles. The molecule has 4 N–H and O–H groups in total. The molecule has 0 bridgehead atoms. The highest BCUT2D eigenvalue weighted by Gasteiger charge is 1.97. The van der Waals surface area contributed by atoms with Gasteiger partial charge in [0, 0.05) is 17.0 Å². The highest BCUT2D eigenvalue weighted by atomic mass is 32.1. The first-order valence-electron chi connectivity index (χ1n) is 6.61. The van der Waals surface area contributed by atoms with Gasteiger partial charge in [-0.05, 0) is 23.8 Å². The lowest BCUT2D eigenvalue weighted by molar-refractivity contribution is -0.432. The van der Waals surface area contributed by atoms with Gasteiger partial charge in [-0.3, -0.25) is 0 Å². The number of nitrogens with one attached hydrogen (secondary N) is 2. The third-order valence-corrected chi connectivity index (χ3v) is 2.48. The van der Waals surface area contributed by atoms with Crippen LogP contribution in [-0.4, -0.2) is 17.5 Å². The average molecular weight is 380 g/mol. The summed E-state index contributed by atoms with van der Waals surface area (Å²) in [5.41, 5.74) is 6.69. The summed E-state index contributed by atoms with van der Waals surface area (Å²) in [7, 11) is -5.39. The molecule has 0 aliphatic heterocycles. The molecule has 0 spiro atoms. The molecule has 0 saturated heterocycles. The van der Waals surface area contributed by atoms with Crippen LogP contribution in [0, 0.1) is 11.5 Å². The predicted molar refractivity (Wildman–Crippen MR) is 91.4 cm³/mol. The van der Waals surface area contributed by atoms with E-state index in [0.717, 1.165) is 11.9 Å². The Morgan fingerprint density at radius 3 is 1.96 bits per heavy atom. The van der Waals surface area contributed by atoms with Crippen molar-refractivity contribution in [3.05, 3.63) is 66.2 Å². The summed E-state index contributed by atoms with van der Waals surface area (Å²) in [4.78, 5) is 36.4. The van der Waals surface area contributed by atoms with Crippen molar-refractivity contribution in [2.75, 3.05) is 5.32 Å². The highest BCUT2D eigenvalue weighted by molar-refractivity contribution is 7.77. The number of carbonyl (C=O) groups is 1. The van der Waals surface area contributed by atoms with Crippen LogP contribution in [-0.2, 0) is 17.2 Å². The van der Waals surface area contributed by atoms with Crippen molar-refractivity contribution in [3.8, 4) is 0 Å². The molecule has 0 aliphatic rings. The summed E-state index contributed by atoms with van der Waals surface area (Å²) in [6.45, 7) is 0. The van der Waals surface area contributed by atoms with Crippen LogP contribution in [0.1, 0.15) is 10.4 Å². The molecule has 2 aromatic carbocycles. The summed E-state index contributed by atoms with van der Waals surface area (Å²) in [5, 5.41) is 9.35. The molecule has 1 unspecified atom stereocenters. The molecule has 0 aromatic heterocycles. The number of nitrogens with two attached hydrogens (primary N) is 1. The van der Waals surface area contributed by atoms with Crippen molar-refractivity contribution in [2.24, 2.45) is 5.73 Å². The van der Waals surface area contributed by atoms with Crippen molar-refractivity contribution in [2.45, 2.75) is 6.17 Å². The lowest BCUT2D eigenvalue weighted by Crippen LogP contribution is -2.30. The molecule has 0 fully saturated rings. The number of hydrogen-bond donors (Lipinski definition) is 3. The standard InChI is InChI=1S/C9H11N3OS.C6H5.H3O4P/c10-5-8(11)12-7-3-1-6(2-4-7)9(13)14;1-2-4-6-5-3-1;1-5(2,3)4/h1-5,8,10,12H,11H2,(H,13,14);1-5H;(H3,1,2,3,4)/p-4. The van der Waals surface area contributed by atoms with E-state index < -0.39 is 14.0 Å². The molecule has 10 heteroatoms. The molecular formula is C15H15N3O5PS-4. The molecule has 1 radical (unpaired) electrons. The lowest BCUT2D eigenvalue weighted by atomic mass is 10.2. The second-order valence-corrected chi connectivity index (χ2v) is 5.49. The fourth-order valence-electron chi connectivity index (χ4n) is 1.28. The maximum atomic E-state index is 10.8. The van der Waals surface area contributed by atoms with E-state index in [1.54, 1.807) is 24.3 Å². The van der Waals surface area contributed by atoms with Crippen LogP contribution < -0.4 is 25.7 Å². The molecule has 2 rings (SSSR count). The number of anilines is 1. The van der Waals surface area contributed by atoms with Crippen LogP contribution in [0.25, 0.3) is 0 Å². The molecule has 8 nitrogen and oxygen atoms in total.